The van der Waals surface area contributed by atoms with Crippen LogP contribution < -0.4 is 9.47 Å². The van der Waals surface area contributed by atoms with Gasteiger partial charge in [0.15, 0.2) is 11.5 Å². The highest BCUT2D eigenvalue weighted by Gasteiger charge is 2.18. The molecule has 1 saturated heterocycles. The summed E-state index contributed by atoms with van der Waals surface area (Å²) in [5, 5.41) is 0. The summed E-state index contributed by atoms with van der Waals surface area (Å²) in [5.41, 5.74) is 1.00. The van der Waals surface area contributed by atoms with E-state index in [0.717, 1.165) is 28.1 Å². The fourth-order valence-electron chi connectivity index (χ4n) is 2.32. The van der Waals surface area contributed by atoms with Crippen LogP contribution in [-0.2, 0) is 0 Å². The van der Waals surface area contributed by atoms with E-state index in [1.54, 1.807) is 14.2 Å². The molecule has 0 amide bonds. The van der Waals surface area contributed by atoms with E-state index >= 15 is 0 Å². The molecule has 1 heterocycles. The molecule has 0 N–H and O–H groups in total. The number of methoxy groups -OCH3 is 2. The Morgan fingerprint density at radius 2 is 1.84 bits per heavy atom. The van der Waals surface area contributed by atoms with Crippen LogP contribution in [0.2, 0.25) is 0 Å². The monoisotopic (exact) mass is 343 g/mol. The van der Waals surface area contributed by atoms with Crippen molar-refractivity contribution >= 4 is 33.1 Å². The van der Waals surface area contributed by atoms with Gasteiger partial charge in [0.2, 0.25) is 0 Å². The molecule has 1 aromatic rings. The average molecular weight is 344 g/mol. The van der Waals surface area contributed by atoms with Crippen LogP contribution in [-0.4, -0.2) is 37.2 Å². The predicted octanol–water partition coefficient (Wildman–Crippen LogP) is 3.63. The third-order valence-corrected chi connectivity index (χ3v) is 4.41. The maximum atomic E-state index is 5.60. The van der Waals surface area contributed by atoms with Gasteiger partial charge in [-0.3, -0.25) is 0 Å². The fourth-order valence-corrected chi connectivity index (χ4v) is 3.23. The molecule has 5 heteroatoms. The van der Waals surface area contributed by atoms with Crippen molar-refractivity contribution in [2.75, 3.05) is 27.3 Å². The lowest BCUT2D eigenvalue weighted by atomic mass is 10.1. The Hall–Kier alpha value is -0.810. The Balaban J connectivity index is 2.29. The summed E-state index contributed by atoms with van der Waals surface area (Å²) in [5.74, 6) is 1.40. The zero-order chi connectivity index (χ0) is 13.8. The predicted molar refractivity (Wildman–Crippen MR) is 84.4 cm³/mol. The van der Waals surface area contributed by atoms with Gasteiger partial charge in [-0.2, -0.15) is 0 Å². The van der Waals surface area contributed by atoms with Crippen molar-refractivity contribution < 1.29 is 9.47 Å². The summed E-state index contributed by atoms with van der Waals surface area (Å²) in [6, 6.07) is 3.94. The van der Waals surface area contributed by atoms with Crippen molar-refractivity contribution in [1.82, 2.24) is 4.90 Å². The molecule has 1 aliphatic heterocycles. The van der Waals surface area contributed by atoms with E-state index in [1.165, 1.54) is 19.3 Å². The Morgan fingerprint density at radius 3 is 2.42 bits per heavy atom. The van der Waals surface area contributed by atoms with Crippen LogP contribution in [0.4, 0.5) is 0 Å². The molecule has 19 heavy (non-hydrogen) atoms. The van der Waals surface area contributed by atoms with Gasteiger partial charge >= 0.3 is 0 Å². The smallest absolute Gasteiger partial charge is 0.174 e. The molecule has 0 bridgehead atoms. The highest BCUT2D eigenvalue weighted by Crippen LogP contribution is 2.36. The number of piperidine rings is 1. The lowest BCUT2D eigenvalue weighted by Crippen LogP contribution is -2.34. The third kappa shape index (κ3) is 3.20. The summed E-state index contributed by atoms with van der Waals surface area (Å²) < 4.78 is 11.5. The van der Waals surface area contributed by atoms with Crippen LogP contribution in [0.3, 0.4) is 0 Å². The largest absolute Gasteiger partial charge is 0.493 e. The van der Waals surface area contributed by atoms with E-state index in [0.29, 0.717) is 11.5 Å². The number of nitrogens with zero attached hydrogens (tertiary/aromatic N) is 1. The lowest BCUT2D eigenvalue weighted by Gasteiger charge is -2.29. The molecular weight excluding hydrogens is 326 g/mol. The minimum atomic E-state index is 0.700. The van der Waals surface area contributed by atoms with Crippen LogP contribution in [0.5, 0.6) is 11.5 Å². The Labute approximate surface area is 128 Å². The van der Waals surface area contributed by atoms with Gasteiger partial charge < -0.3 is 14.4 Å². The first-order valence-electron chi connectivity index (χ1n) is 6.38. The topological polar surface area (TPSA) is 21.7 Å². The van der Waals surface area contributed by atoms with Gasteiger partial charge in [-0.25, -0.2) is 0 Å². The molecule has 0 spiro atoms. The number of hydrogen-bond acceptors (Lipinski definition) is 3. The van der Waals surface area contributed by atoms with E-state index in [1.807, 2.05) is 12.1 Å². The maximum absolute atomic E-state index is 5.60. The first-order valence-corrected chi connectivity index (χ1v) is 7.58. The number of likely N-dealkylation sites (tertiary alicyclic amines) is 1. The first-order chi connectivity index (χ1) is 9.17. The molecule has 1 fully saturated rings. The minimum Gasteiger partial charge on any atom is -0.493 e. The number of benzene rings is 1. The van der Waals surface area contributed by atoms with Crippen LogP contribution in [0.25, 0.3) is 0 Å². The van der Waals surface area contributed by atoms with Gasteiger partial charge in [-0.15, -0.1) is 0 Å². The minimum absolute atomic E-state index is 0.700. The van der Waals surface area contributed by atoms with Gasteiger partial charge in [0, 0.05) is 18.7 Å². The molecule has 0 radical (unpaired) electrons. The number of ether oxygens (including phenoxy) is 2. The quantitative estimate of drug-likeness (QED) is 0.781. The van der Waals surface area contributed by atoms with E-state index in [9.17, 15) is 0 Å². The summed E-state index contributed by atoms with van der Waals surface area (Å²) in [6.45, 7) is 2.09. The lowest BCUT2D eigenvalue weighted by molar-refractivity contribution is 0.345. The summed E-state index contributed by atoms with van der Waals surface area (Å²) in [7, 11) is 3.27. The summed E-state index contributed by atoms with van der Waals surface area (Å²) >= 11 is 9.10. The Morgan fingerprint density at radius 1 is 1.16 bits per heavy atom. The second kappa shape index (κ2) is 6.57. The van der Waals surface area contributed by atoms with E-state index in [-0.39, 0.29) is 0 Å². The van der Waals surface area contributed by atoms with Gasteiger partial charge in [0.25, 0.3) is 0 Å². The summed E-state index contributed by atoms with van der Waals surface area (Å²) in [6.07, 6.45) is 3.73. The zero-order valence-corrected chi connectivity index (χ0v) is 13.6. The second-order valence-corrected chi connectivity index (χ2v) is 5.79. The van der Waals surface area contributed by atoms with Crippen molar-refractivity contribution in [2.24, 2.45) is 0 Å². The van der Waals surface area contributed by atoms with E-state index in [2.05, 4.69) is 20.8 Å². The number of halogens is 1. The van der Waals surface area contributed by atoms with Gasteiger partial charge in [0.05, 0.1) is 18.7 Å². The van der Waals surface area contributed by atoms with Gasteiger partial charge in [-0.1, -0.05) is 12.2 Å². The van der Waals surface area contributed by atoms with Crippen LogP contribution in [0.15, 0.2) is 16.6 Å². The van der Waals surface area contributed by atoms with Crippen LogP contribution in [0.1, 0.15) is 24.8 Å². The van der Waals surface area contributed by atoms with Gasteiger partial charge in [0.1, 0.15) is 4.99 Å². The van der Waals surface area contributed by atoms with Crippen molar-refractivity contribution in [2.45, 2.75) is 19.3 Å². The number of thiocarbonyl (C=S) groups is 1. The Kier molecular flexibility index (Phi) is 5.05. The SMILES string of the molecule is COc1cc(C(=S)N2CCCCC2)cc(Br)c1OC. The van der Waals surface area contributed by atoms with Crippen molar-refractivity contribution in [1.29, 1.82) is 0 Å². The highest BCUT2D eigenvalue weighted by molar-refractivity contribution is 9.10. The van der Waals surface area contributed by atoms with Crippen LogP contribution in [0, 0.1) is 0 Å². The standard InChI is InChI=1S/C14H18BrNO2S/c1-17-12-9-10(8-11(15)13(12)18-2)14(19)16-6-4-3-5-7-16/h8-9H,3-7H2,1-2H3. The van der Waals surface area contributed by atoms with E-state index in [4.69, 9.17) is 21.7 Å². The van der Waals surface area contributed by atoms with Gasteiger partial charge in [-0.05, 0) is 47.3 Å². The molecule has 0 atom stereocenters. The zero-order valence-electron chi connectivity index (χ0n) is 11.2. The fraction of sp³-hybridized carbons (Fsp3) is 0.500. The molecule has 0 aromatic heterocycles. The molecule has 1 aromatic carbocycles. The molecule has 0 aliphatic carbocycles. The molecular formula is C14H18BrNO2S. The number of hydrogen-bond donors (Lipinski definition) is 0. The third-order valence-electron chi connectivity index (χ3n) is 3.32. The summed E-state index contributed by atoms with van der Waals surface area (Å²) in [4.78, 5) is 3.16. The highest BCUT2D eigenvalue weighted by atomic mass is 79.9. The molecule has 3 nitrogen and oxygen atoms in total. The molecule has 0 saturated carbocycles. The molecule has 104 valence electrons. The second-order valence-electron chi connectivity index (χ2n) is 4.55. The van der Waals surface area contributed by atoms with Crippen molar-refractivity contribution in [3.05, 3.63) is 22.2 Å². The molecule has 2 rings (SSSR count). The molecule has 0 unspecified atom stereocenters. The maximum Gasteiger partial charge on any atom is 0.174 e. The number of rotatable bonds is 3. The van der Waals surface area contributed by atoms with Crippen LogP contribution >= 0.6 is 28.1 Å². The van der Waals surface area contributed by atoms with E-state index < -0.39 is 0 Å². The van der Waals surface area contributed by atoms with Crippen molar-refractivity contribution in [3.63, 3.8) is 0 Å². The molecule has 1 aliphatic rings. The average Bonchev–Trinajstić information content (AvgIpc) is 2.46. The van der Waals surface area contributed by atoms with Crippen molar-refractivity contribution in [3.8, 4) is 11.5 Å². The normalized spacial score (nSPS) is 15.2. The first kappa shape index (κ1) is 14.6. The Bertz CT molecular complexity index is 473.